The molecule has 0 saturated heterocycles. The van der Waals surface area contributed by atoms with E-state index < -0.39 is 21.8 Å². The van der Waals surface area contributed by atoms with E-state index in [9.17, 15) is 17.6 Å². The number of hydrogen-bond donors (Lipinski definition) is 0. The van der Waals surface area contributed by atoms with Gasteiger partial charge < -0.3 is 4.74 Å². The van der Waals surface area contributed by atoms with E-state index in [0.29, 0.717) is 18.7 Å². The molecule has 7 heteroatoms. The van der Waals surface area contributed by atoms with Crippen molar-refractivity contribution in [3.8, 4) is 0 Å². The molecule has 0 unspecified atom stereocenters. The molecule has 0 spiro atoms. The lowest BCUT2D eigenvalue weighted by Gasteiger charge is -2.19. The number of sulfonamides is 1. The molecule has 5 nitrogen and oxygen atoms in total. The topological polar surface area (TPSA) is 63.7 Å². The van der Waals surface area contributed by atoms with Crippen LogP contribution in [0.5, 0.6) is 0 Å². The first-order chi connectivity index (χ1) is 12.3. The lowest BCUT2D eigenvalue weighted by Crippen LogP contribution is -2.30. The third-order valence-corrected chi connectivity index (χ3v) is 6.13. The van der Waals surface area contributed by atoms with Crippen molar-refractivity contribution in [3.63, 3.8) is 0 Å². The maximum Gasteiger partial charge on any atom is 0.338 e. The van der Waals surface area contributed by atoms with Gasteiger partial charge in [-0.25, -0.2) is 17.6 Å². The highest BCUT2D eigenvalue weighted by molar-refractivity contribution is 7.89. The molecule has 0 N–H and O–H groups in total. The number of ether oxygens (including phenoxy) is 1. The van der Waals surface area contributed by atoms with Gasteiger partial charge in [0.05, 0.1) is 10.5 Å². The lowest BCUT2D eigenvalue weighted by molar-refractivity contribution is 0.0468. The van der Waals surface area contributed by atoms with E-state index in [1.807, 2.05) is 0 Å². The Labute approximate surface area is 153 Å². The summed E-state index contributed by atoms with van der Waals surface area (Å²) in [6.45, 7) is 5.63. The van der Waals surface area contributed by atoms with Crippen LogP contribution in [0.3, 0.4) is 0 Å². The Morgan fingerprint density at radius 1 is 1.12 bits per heavy atom. The Hall–Kier alpha value is -2.25. The molecule has 0 saturated carbocycles. The molecule has 0 aromatic heterocycles. The number of carbonyl (C=O) groups is 1. The largest absolute Gasteiger partial charge is 0.457 e. The molecule has 0 aliphatic rings. The van der Waals surface area contributed by atoms with Crippen molar-refractivity contribution >= 4 is 16.0 Å². The highest BCUT2D eigenvalue weighted by Gasteiger charge is 2.24. The zero-order chi connectivity index (χ0) is 19.3. The molecule has 0 atom stereocenters. The van der Waals surface area contributed by atoms with Crippen LogP contribution < -0.4 is 0 Å². The van der Waals surface area contributed by atoms with Crippen molar-refractivity contribution in [1.82, 2.24) is 4.31 Å². The van der Waals surface area contributed by atoms with Crippen LogP contribution in [0.25, 0.3) is 0 Å². The minimum absolute atomic E-state index is 0.0321. The summed E-state index contributed by atoms with van der Waals surface area (Å²) in [5.74, 6) is -1.16. The number of benzene rings is 2. The number of nitrogens with zero attached hydrogens (tertiary/aromatic N) is 1. The fraction of sp³-hybridized carbons (Fsp3) is 0.316. The molecule has 26 heavy (non-hydrogen) atoms. The fourth-order valence-corrected chi connectivity index (χ4v) is 4.02. The van der Waals surface area contributed by atoms with Crippen molar-refractivity contribution in [2.45, 2.75) is 32.3 Å². The van der Waals surface area contributed by atoms with Gasteiger partial charge in [0, 0.05) is 18.7 Å². The summed E-state index contributed by atoms with van der Waals surface area (Å²) in [4.78, 5) is 12.4. The molecule has 2 rings (SSSR count). The summed E-state index contributed by atoms with van der Waals surface area (Å²) in [6, 6.07) is 10.4. The molecular formula is C19H22FNO4S. The van der Waals surface area contributed by atoms with E-state index in [0.717, 1.165) is 0 Å². The molecule has 0 aliphatic heterocycles. The molecule has 140 valence electrons. The summed E-state index contributed by atoms with van der Waals surface area (Å²) in [6.07, 6.45) is 0. The van der Waals surface area contributed by atoms with Crippen LogP contribution in [0.2, 0.25) is 0 Å². The summed E-state index contributed by atoms with van der Waals surface area (Å²) in [5, 5.41) is 0. The third-order valence-electron chi connectivity index (χ3n) is 4.09. The summed E-state index contributed by atoms with van der Waals surface area (Å²) in [5.41, 5.74) is 0.988. The molecule has 0 fully saturated rings. The van der Waals surface area contributed by atoms with Gasteiger partial charge in [0.15, 0.2) is 0 Å². The maximum absolute atomic E-state index is 13.6. The molecule has 0 radical (unpaired) electrons. The summed E-state index contributed by atoms with van der Waals surface area (Å²) < 4.78 is 45.4. The van der Waals surface area contributed by atoms with Crippen LogP contribution >= 0.6 is 0 Å². The predicted molar refractivity (Wildman–Crippen MR) is 96.8 cm³/mol. The van der Waals surface area contributed by atoms with E-state index in [1.54, 1.807) is 39.0 Å². The van der Waals surface area contributed by atoms with Gasteiger partial charge in [-0.05, 0) is 30.7 Å². The second kappa shape index (κ2) is 8.42. The molecule has 0 heterocycles. The number of halogens is 1. The van der Waals surface area contributed by atoms with Gasteiger partial charge in [-0.1, -0.05) is 38.1 Å². The quantitative estimate of drug-likeness (QED) is 0.691. The van der Waals surface area contributed by atoms with Gasteiger partial charge in [0.25, 0.3) is 0 Å². The predicted octanol–water partition coefficient (Wildman–Crippen LogP) is 3.52. The Morgan fingerprint density at radius 3 is 2.38 bits per heavy atom. The number of carbonyl (C=O) groups excluding carboxylic acids is 1. The van der Waals surface area contributed by atoms with Crippen molar-refractivity contribution in [2.24, 2.45) is 0 Å². The van der Waals surface area contributed by atoms with Crippen LogP contribution in [0, 0.1) is 12.7 Å². The van der Waals surface area contributed by atoms with E-state index in [-0.39, 0.29) is 22.6 Å². The second-order valence-corrected chi connectivity index (χ2v) is 7.67. The number of rotatable bonds is 7. The second-order valence-electron chi connectivity index (χ2n) is 5.73. The van der Waals surface area contributed by atoms with Crippen molar-refractivity contribution in [3.05, 3.63) is 65.0 Å². The molecular weight excluding hydrogens is 357 g/mol. The van der Waals surface area contributed by atoms with Crippen molar-refractivity contribution < 1.29 is 22.3 Å². The highest BCUT2D eigenvalue weighted by Crippen LogP contribution is 2.21. The van der Waals surface area contributed by atoms with E-state index in [2.05, 4.69) is 0 Å². The monoisotopic (exact) mass is 379 g/mol. The van der Waals surface area contributed by atoms with Crippen LogP contribution in [-0.2, 0) is 21.4 Å². The Kier molecular flexibility index (Phi) is 6.50. The van der Waals surface area contributed by atoms with Gasteiger partial charge in [-0.15, -0.1) is 0 Å². The standard InChI is InChI=1S/C19H22FNO4S/c1-4-21(5-2)26(23,24)16-11-10-14(3)17(12-16)19(22)25-13-15-8-6-7-9-18(15)20/h6-12H,4-5,13H2,1-3H3. The molecule has 0 bridgehead atoms. The van der Waals surface area contributed by atoms with Gasteiger partial charge in [0.2, 0.25) is 10.0 Å². The minimum Gasteiger partial charge on any atom is -0.457 e. The SMILES string of the molecule is CCN(CC)S(=O)(=O)c1ccc(C)c(C(=O)OCc2ccccc2F)c1. The van der Waals surface area contributed by atoms with Crippen LogP contribution in [-0.4, -0.2) is 31.8 Å². The Bertz CT molecular complexity index is 892. The molecule has 0 aliphatic carbocycles. The van der Waals surface area contributed by atoms with E-state index >= 15 is 0 Å². The van der Waals surface area contributed by atoms with Crippen LogP contribution in [0.15, 0.2) is 47.4 Å². The van der Waals surface area contributed by atoms with E-state index in [1.165, 1.54) is 28.6 Å². The Balaban J connectivity index is 2.26. The first-order valence-electron chi connectivity index (χ1n) is 8.32. The van der Waals surface area contributed by atoms with Gasteiger partial charge in [-0.2, -0.15) is 4.31 Å². The first kappa shape index (κ1) is 20.1. The normalized spacial score (nSPS) is 11.6. The first-order valence-corrected chi connectivity index (χ1v) is 9.76. The molecule has 2 aromatic carbocycles. The van der Waals surface area contributed by atoms with Crippen LogP contribution in [0.4, 0.5) is 4.39 Å². The zero-order valence-corrected chi connectivity index (χ0v) is 15.8. The summed E-state index contributed by atoms with van der Waals surface area (Å²) >= 11 is 0. The van der Waals surface area contributed by atoms with Crippen molar-refractivity contribution in [1.29, 1.82) is 0 Å². The Morgan fingerprint density at radius 2 is 1.77 bits per heavy atom. The van der Waals surface area contributed by atoms with Gasteiger partial charge in [0.1, 0.15) is 12.4 Å². The maximum atomic E-state index is 13.6. The minimum atomic E-state index is -3.68. The van der Waals surface area contributed by atoms with Crippen molar-refractivity contribution in [2.75, 3.05) is 13.1 Å². The number of esters is 1. The van der Waals surface area contributed by atoms with Gasteiger partial charge in [-0.3, -0.25) is 0 Å². The average molecular weight is 379 g/mol. The zero-order valence-electron chi connectivity index (χ0n) is 15.0. The average Bonchev–Trinajstić information content (AvgIpc) is 2.61. The smallest absolute Gasteiger partial charge is 0.338 e. The van der Waals surface area contributed by atoms with Crippen LogP contribution in [0.1, 0.15) is 35.3 Å². The van der Waals surface area contributed by atoms with Gasteiger partial charge >= 0.3 is 5.97 Å². The number of hydrogen-bond acceptors (Lipinski definition) is 4. The highest BCUT2D eigenvalue weighted by atomic mass is 32.2. The fourth-order valence-electron chi connectivity index (χ4n) is 2.53. The lowest BCUT2D eigenvalue weighted by atomic mass is 10.1. The number of aryl methyl sites for hydroxylation is 1. The molecule has 0 amide bonds. The summed E-state index contributed by atoms with van der Waals surface area (Å²) in [7, 11) is -3.68. The molecule has 2 aromatic rings. The third kappa shape index (κ3) is 4.28. The van der Waals surface area contributed by atoms with E-state index in [4.69, 9.17) is 4.74 Å².